The van der Waals surface area contributed by atoms with Gasteiger partial charge in [-0.05, 0) is 46.2 Å². The molecule has 1 N–H and O–H groups in total. The number of benzene rings is 1. The molecule has 1 unspecified atom stereocenters. The van der Waals surface area contributed by atoms with Crippen LogP contribution in [-0.2, 0) is 4.74 Å². The van der Waals surface area contributed by atoms with Gasteiger partial charge in [0.15, 0.2) is 0 Å². The molecule has 1 fully saturated rings. The second kappa shape index (κ2) is 9.16. The standard InChI is InChI=1S/C19H29Cl2N3O2/c1-14(22-18(25)26-19(2,3)4)8-9-23-10-12-24(13-11-23)16-7-5-6-15(20)17(16)21/h5-7,14H,8-13H2,1-4H3,(H,22,25). The van der Waals surface area contributed by atoms with Crippen molar-refractivity contribution in [2.45, 2.75) is 45.8 Å². The number of hydrogen-bond acceptors (Lipinski definition) is 4. The minimum Gasteiger partial charge on any atom is -0.444 e. The van der Waals surface area contributed by atoms with Gasteiger partial charge in [-0.3, -0.25) is 4.90 Å². The van der Waals surface area contributed by atoms with Gasteiger partial charge in [-0.2, -0.15) is 0 Å². The summed E-state index contributed by atoms with van der Waals surface area (Å²) in [6.07, 6.45) is 0.530. The zero-order valence-electron chi connectivity index (χ0n) is 16.0. The van der Waals surface area contributed by atoms with Gasteiger partial charge in [-0.25, -0.2) is 4.79 Å². The molecular formula is C19H29Cl2N3O2. The Morgan fingerprint density at radius 1 is 1.23 bits per heavy atom. The van der Waals surface area contributed by atoms with Crippen molar-refractivity contribution < 1.29 is 9.53 Å². The molecule has 0 aliphatic carbocycles. The summed E-state index contributed by atoms with van der Waals surface area (Å²) >= 11 is 12.4. The smallest absolute Gasteiger partial charge is 0.407 e. The highest BCUT2D eigenvalue weighted by Gasteiger charge is 2.21. The molecule has 26 heavy (non-hydrogen) atoms. The molecule has 1 aliphatic rings. The highest BCUT2D eigenvalue weighted by Crippen LogP contribution is 2.32. The number of carbonyl (C=O) groups excluding carboxylic acids is 1. The number of amides is 1. The number of ether oxygens (including phenoxy) is 1. The average molecular weight is 402 g/mol. The molecule has 0 radical (unpaired) electrons. The maximum Gasteiger partial charge on any atom is 0.407 e. The van der Waals surface area contributed by atoms with Crippen molar-refractivity contribution in [1.29, 1.82) is 0 Å². The molecule has 1 aliphatic heterocycles. The number of hydrogen-bond donors (Lipinski definition) is 1. The lowest BCUT2D eigenvalue weighted by Crippen LogP contribution is -2.48. The van der Waals surface area contributed by atoms with Crippen LogP contribution in [0.4, 0.5) is 10.5 Å². The highest BCUT2D eigenvalue weighted by atomic mass is 35.5. The Hall–Kier alpha value is -1.17. The third-order valence-corrected chi connectivity index (χ3v) is 5.09. The van der Waals surface area contributed by atoms with Gasteiger partial charge < -0.3 is 15.0 Å². The van der Waals surface area contributed by atoms with Gasteiger partial charge in [0.05, 0.1) is 15.7 Å². The van der Waals surface area contributed by atoms with Crippen LogP contribution in [-0.4, -0.2) is 55.4 Å². The molecule has 0 aromatic heterocycles. The molecule has 0 saturated carbocycles. The van der Waals surface area contributed by atoms with Gasteiger partial charge in [0.25, 0.3) is 0 Å². The summed E-state index contributed by atoms with van der Waals surface area (Å²) in [7, 11) is 0. The quantitative estimate of drug-likeness (QED) is 0.792. The number of rotatable bonds is 5. The first-order valence-corrected chi connectivity index (χ1v) is 9.82. The van der Waals surface area contributed by atoms with E-state index in [0.29, 0.717) is 10.0 Å². The molecule has 1 amide bonds. The monoisotopic (exact) mass is 401 g/mol. The molecule has 7 heteroatoms. The minimum atomic E-state index is -0.470. The lowest BCUT2D eigenvalue weighted by Gasteiger charge is -2.37. The normalized spacial score (nSPS) is 17.1. The van der Waals surface area contributed by atoms with Crippen LogP contribution >= 0.6 is 23.2 Å². The fourth-order valence-electron chi connectivity index (χ4n) is 2.91. The summed E-state index contributed by atoms with van der Waals surface area (Å²) in [5, 5.41) is 4.11. The van der Waals surface area contributed by atoms with E-state index in [9.17, 15) is 4.79 Å². The van der Waals surface area contributed by atoms with Crippen LogP contribution in [0, 0.1) is 0 Å². The second-order valence-electron chi connectivity index (χ2n) is 7.74. The third kappa shape index (κ3) is 6.53. The van der Waals surface area contributed by atoms with Crippen LogP contribution in [0.2, 0.25) is 10.0 Å². The zero-order valence-corrected chi connectivity index (χ0v) is 17.5. The number of carbonyl (C=O) groups is 1. The maximum atomic E-state index is 11.8. The Balaban J connectivity index is 1.73. The SMILES string of the molecule is CC(CCN1CCN(c2cccc(Cl)c2Cl)CC1)NC(=O)OC(C)(C)C. The van der Waals surface area contributed by atoms with Crippen molar-refractivity contribution in [3.63, 3.8) is 0 Å². The van der Waals surface area contributed by atoms with Gasteiger partial charge in [0.2, 0.25) is 0 Å². The Labute approximate surface area is 166 Å². The van der Waals surface area contributed by atoms with Crippen LogP contribution in [0.1, 0.15) is 34.1 Å². The molecule has 1 aromatic rings. The minimum absolute atomic E-state index is 0.0743. The van der Waals surface area contributed by atoms with E-state index in [1.807, 2.05) is 45.9 Å². The molecule has 2 rings (SSSR count). The average Bonchev–Trinajstić information content (AvgIpc) is 2.54. The zero-order chi connectivity index (χ0) is 19.3. The van der Waals surface area contributed by atoms with Gasteiger partial charge in [-0.1, -0.05) is 29.3 Å². The third-order valence-electron chi connectivity index (χ3n) is 4.29. The fourth-order valence-corrected chi connectivity index (χ4v) is 3.32. The van der Waals surface area contributed by atoms with E-state index in [0.717, 1.165) is 44.8 Å². The fraction of sp³-hybridized carbons (Fsp3) is 0.632. The van der Waals surface area contributed by atoms with Crippen LogP contribution in [0.15, 0.2) is 18.2 Å². The number of piperazine rings is 1. The number of nitrogens with one attached hydrogen (secondary N) is 1. The molecule has 1 heterocycles. The summed E-state index contributed by atoms with van der Waals surface area (Å²) in [6.45, 7) is 12.3. The lowest BCUT2D eigenvalue weighted by atomic mass is 10.2. The number of halogens is 2. The topological polar surface area (TPSA) is 44.8 Å². The van der Waals surface area contributed by atoms with Gasteiger partial charge in [-0.15, -0.1) is 0 Å². The van der Waals surface area contributed by atoms with E-state index in [2.05, 4.69) is 15.1 Å². The first kappa shape index (κ1) is 21.1. The highest BCUT2D eigenvalue weighted by molar-refractivity contribution is 6.43. The molecule has 1 saturated heterocycles. The van der Waals surface area contributed by atoms with Gasteiger partial charge >= 0.3 is 6.09 Å². The van der Waals surface area contributed by atoms with Crippen LogP contribution in [0.25, 0.3) is 0 Å². The van der Waals surface area contributed by atoms with Crippen molar-refractivity contribution >= 4 is 35.0 Å². The van der Waals surface area contributed by atoms with Crippen LogP contribution < -0.4 is 10.2 Å². The molecular weight excluding hydrogens is 373 g/mol. The van der Waals surface area contributed by atoms with Crippen molar-refractivity contribution in [3.05, 3.63) is 28.2 Å². The van der Waals surface area contributed by atoms with Crippen molar-refractivity contribution in [2.75, 3.05) is 37.6 Å². The Kier molecular flexibility index (Phi) is 7.44. The summed E-state index contributed by atoms with van der Waals surface area (Å²) in [5.74, 6) is 0. The maximum absolute atomic E-state index is 11.8. The molecule has 0 bridgehead atoms. The summed E-state index contributed by atoms with van der Waals surface area (Å²) in [4.78, 5) is 16.5. The van der Waals surface area contributed by atoms with E-state index in [-0.39, 0.29) is 12.1 Å². The van der Waals surface area contributed by atoms with Crippen LogP contribution in [0.3, 0.4) is 0 Å². The predicted octanol–water partition coefficient (Wildman–Crippen LogP) is 4.42. The van der Waals surface area contributed by atoms with Crippen molar-refractivity contribution in [1.82, 2.24) is 10.2 Å². The summed E-state index contributed by atoms with van der Waals surface area (Å²) < 4.78 is 5.29. The van der Waals surface area contributed by atoms with Crippen molar-refractivity contribution in [3.8, 4) is 0 Å². The molecule has 146 valence electrons. The second-order valence-corrected chi connectivity index (χ2v) is 8.52. The molecule has 0 spiro atoms. The lowest BCUT2D eigenvalue weighted by molar-refractivity contribution is 0.0503. The van der Waals surface area contributed by atoms with Gasteiger partial charge in [0.1, 0.15) is 5.60 Å². The van der Waals surface area contributed by atoms with E-state index in [1.165, 1.54) is 0 Å². The molecule has 1 atom stereocenters. The van der Waals surface area contributed by atoms with E-state index < -0.39 is 5.60 Å². The Morgan fingerprint density at radius 2 is 1.88 bits per heavy atom. The predicted molar refractivity (Wildman–Crippen MR) is 109 cm³/mol. The van der Waals surface area contributed by atoms with Crippen molar-refractivity contribution in [2.24, 2.45) is 0 Å². The summed E-state index contributed by atoms with van der Waals surface area (Å²) in [5.41, 5.74) is 0.528. The Bertz CT molecular complexity index is 611. The molecule has 5 nitrogen and oxygen atoms in total. The van der Waals surface area contributed by atoms with Gasteiger partial charge in [0, 0.05) is 38.8 Å². The van der Waals surface area contributed by atoms with E-state index in [1.54, 1.807) is 0 Å². The molecule has 1 aromatic carbocycles. The summed E-state index contributed by atoms with van der Waals surface area (Å²) in [6, 6.07) is 5.82. The number of nitrogens with zero attached hydrogens (tertiary/aromatic N) is 2. The number of alkyl carbamates (subject to hydrolysis) is 1. The Morgan fingerprint density at radius 3 is 2.50 bits per heavy atom. The van der Waals surface area contributed by atoms with E-state index >= 15 is 0 Å². The largest absolute Gasteiger partial charge is 0.444 e. The van der Waals surface area contributed by atoms with Crippen LogP contribution in [0.5, 0.6) is 0 Å². The first-order chi connectivity index (χ1) is 12.2. The number of anilines is 1. The van der Waals surface area contributed by atoms with E-state index in [4.69, 9.17) is 27.9 Å². The first-order valence-electron chi connectivity index (χ1n) is 9.06.